The molecule has 0 bridgehead atoms. The summed E-state index contributed by atoms with van der Waals surface area (Å²) in [7, 11) is 0. The number of hydrogen-bond donors (Lipinski definition) is 1. The molecule has 9 heteroatoms. The largest absolute Gasteiger partial charge is 0.344 e. The number of rotatable bonds is 3. The van der Waals surface area contributed by atoms with Crippen LogP contribution in [-0.2, 0) is 15.7 Å². The number of nitrogens with one attached hydrogen (secondary N) is 1. The second kappa shape index (κ2) is 5.80. The summed E-state index contributed by atoms with van der Waals surface area (Å²) < 4.78 is 9.59. The van der Waals surface area contributed by atoms with Crippen molar-refractivity contribution in [2.45, 2.75) is 52.0 Å². The molecule has 1 unspecified atom stereocenters. The van der Waals surface area contributed by atoms with Gasteiger partial charge in [-0.1, -0.05) is 25.9 Å². The molecule has 0 saturated carbocycles. The van der Waals surface area contributed by atoms with Gasteiger partial charge in [0.05, 0.1) is 6.54 Å². The van der Waals surface area contributed by atoms with Crippen molar-refractivity contribution in [1.82, 2.24) is 24.8 Å². The summed E-state index contributed by atoms with van der Waals surface area (Å²) in [5.74, 6) is 1.71. The Hall–Kier alpha value is -2.03. The van der Waals surface area contributed by atoms with Gasteiger partial charge in [-0.3, -0.25) is 4.79 Å². The van der Waals surface area contributed by atoms with E-state index in [1.165, 1.54) is 18.5 Å². The smallest absolute Gasteiger partial charge is 0.223 e. The van der Waals surface area contributed by atoms with Gasteiger partial charge < -0.3 is 14.7 Å². The van der Waals surface area contributed by atoms with Gasteiger partial charge in [-0.2, -0.15) is 9.36 Å². The van der Waals surface area contributed by atoms with Crippen LogP contribution in [0.15, 0.2) is 4.52 Å². The molecule has 1 N–H and O–H groups in total. The highest BCUT2D eigenvalue weighted by Gasteiger charge is 2.45. The maximum absolute atomic E-state index is 11.7. The second-order valence-electron chi connectivity index (χ2n) is 7.22. The number of hydrogen-bond acceptors (Lipinski definition) is 8. The quantitative estimate of drug-likeness (QED) is 0.901. The minimum atomic E-state index is -0.656. The zero-order valence-corrected chi connectivity index (χ0v) is 15.4. The summed E-state index contributed by atoms with van der Waals surface area (Å²) >= 11 is 1.38. The van der Waals surface area contributed by atoms with Crippen molar-refractivity contribution in [1.29, 1.82) is 0 Å². The molecule has 1 aliphatic heterocycles. The lowest BCUT2D eigenvalue weighted by Crippen LogP contribution is -2.48. The molecular formula is C15H22N6O2S. The summed E-state index contributed by atoms with van der Waals surface area (Å²) in [6.45, 7) is 10.8. The summed E-state index contributed by atoms with van der Waals surface area (Å²) in [4.78, 5) is 22.8. The fourth-order valence-corrected chi connectivity index (χ4v) is 3.67. The Labute approximate surface area is 144 Å². The number of carbonyl (C=O) groups is 1. The van der Waals surface area contributed by atoms with E-state index in [1.54, 1.807) is 6.92 Å². The number of amides is 1. The van der Waals surface area contributed by atoms with E-state index in [0.717, 1.165) is 17.5 Å². The molecule has 1 saturated heterocycles. The number of aromatic nitrogens is 4. The first-order chi connectivity index (χ1) is 11.2. The first-order valence-corrected chi connectivity index (χ1v) is 8.66. The molecule has 1 amide bonds. The van der Waals surface area contributed by atoms with Crippen molar-refractivity contribution in [2.75, 3.05) is 18.0 Å². The molecule has 3 heterocycles. The van der Waals surface area contributed by atoms with E-state index in [4.69, 9.17) is 4.52 Å². The van der Waals surface area contributed by atoms with Crippen LogP contribution in [0.3, 0.4) is 0 Å². The third-order valence-electron chi connectivity index (χ3n) is 4.00. The molecular weight excluding hydrogens is 328 g/mol. The van der Waals surface area contributed by atoms with Crippen LogP contribution in [0.25, 0.3) is 0 Å². The predicted molar refractivity (Wildman–Crippen MR) is 90.0 cm³/mol. The van der Waals surface area contributed by atoms with E-state index in [-0.39, 0.29) is 11.3 Å². The summed E-state index contributed by atoms with van der Waals surface area (Å²) in [5, 5.41) is 7.90. The molecule has 3 rings (SSSR count). The normalized spacial score (nSPS) is 21.3. The lowest BCUT2D eigenvalue weighted by Gasteiger charge is -2.26. The van der Waals surface area contributed by atoms with E-state index >= 15 is 0 Å². The van der Waals surface area contributed by atoms with Gasteiger partial charge in [0.1, 0.15) is 11.4 Å². The van der Waals surface area contributed by atoms with Crippen LogP contribution in [0.1, 0.15) is 51.7 Å². The minimum Gasteiger partial charge on any atom is -0.344 e. The third kappa shape index (κ3) is 3.12. The van der Waals surface area contributed by atoms with Gasteiger partial charge in [0.25, 0.3) is 0 Å². The first kappa shape index (κ1) is 16.8. The maximum Gasteiger partial charge on any atom is 0.223 e. The number of anilines is 1. The molecule has 24 heavy (non-hydrogen) atoms. The van der Waals surface area contributed by atoms with Crippen LogP contribution in [0.4, 0.5) is 5.13 Å². The van der Waals surface area contributed by atoms with Gasteiger partial charge in [0, 0.05) is 37.3 Å². The average molecular weight is 350 g/mol. The summed E-state index contributed by atoms with van der Waals surface area (Å²) in [6, 6.07) is 0. The van der Waals surface area contributed by atoms with Gasteiger partial charge in [0.15, 0.2) is 5.82 Å². The van der Waals surface area contributed by atoms with Crippen molar-refractivity contribution in [3.8, 4) is 0 Å². The van der Waals surface area contributed by atoms with E-state index in [9.17, 15) is 4.79 Å². The molecule has 130 valence electrons. The third-order valence-corrected chi connectivity index (χ3v) is 4.77. The van der Waals surface area contributed by atoms with Crippen LogP contribution in [-0.4, -0.2) is 38.5 Å². The zero-order chi connectivity index (χ0) is 17.5. The lowest BCUT2D eigenvalue weighted by molar-refractivity contribution is -0.120. The highest BCUT2D eigenvalue weighted by molar-refractivity contribution is 7.09. The minimum absolute atomic E-state index is 0.0893. The van der Waals surface area contributed by atoms with Crippen LogP contribution < -0.4 is 10.2 Å². The van der Waals surface area contributed by atoms with Crippen LogP contribution in [0, 0.1) is 6.92 Å². The van der Waals surface area contributed by atoms with Crippen molar-refractivity contribution in [2.24, 2.45) is 0 Å². The molecule has 2 aromatic rings. The maximum atomic E-state index is 11.7. The Bertz CT molecular complexity index is 749. The molecule has 0 radical (unpaired) electrons. The van der Waals surface area contributed by atoms with Crippen molar-refractivity contribution >= 4 is 22.6 Å². The second-order valence-corrected chi connectivity index (χ2v) is 7.95. The van der Waals surface area contributed by atoms with Crippen LogP contribution >= 0.6 is 11.5 Å². The molecule has 0 aromatic carbocycles. The van der Waals surface area contributed by atoms with Crippen molar-refractivity contribution < 1.29 is 9.32 Å². The van der Waals surface area contributed by atoms with Crippen molar-refractivity contribution in [3.05, 3.63) is 17.5 Å². The van der Waals surface area contributed by atoms with E-state index in [1.807, 2.05) is 0 Å². The molecule has 1 aliphatic rings. The van der Waals surface area contributed by atoms with Crippen LogP contribution in [0.5, 0.6) is 0 Å². The first-order valence-electron chi connectivity index (χ1n) is 7.88. The monoisotopic (exact) mass is 350 g/mol. The van der Waals surface area contributed by atoms with Gasteiger partial charge in [0.2, 0.25) is 16.9 Å². The van der Waals surface area contributed by atoms with E-state index in [2.05, 4.69) is 50.5 Å². The SMILES string of the molecule is CC(=O)NC1(c2noc(C)n2)CCN(c2nc(C(C)(C)C)ns2)C1. The van der Waals surface area contributed by atoms with E-state index in [0.29, 0.717) is 24.7 Å². The molecule has 0 aliphatic carbocycles. The number of aryl methyl sites for hydroxylation is 1. The number of nitrogens with zero attached hydrogens (tertiary/aromatic N) is 5. The Morgan fingerprint density at radius 1 is 1.38 bits per heavy atom. The van der Waals surface area contributed by atoms with Gasteiger partial charge in [-0.15, -0.1) is 0 Å². The zero-order valence-electron chi connectivity index (χ0n) is 14.6. The summed E-state index contributed by atoms with van der Waals surface area (Å²) in [6.07, 6.45) is 0.690. The fourth-order valence-electron chi connectivity index (χ4n) is 2.79. The van der Waals surface area contributed by atoms with Crippen LogP contribution in [0.2, 0.25) is 0 Å². The Morgan fingerprint density at radius 3 is 2.67 bits per heavy atom. The average Bonchev–Trinajstić information content (AvgIpc) is 3.15. The van der Waals surface area contributed by atoms with Gasteiger partial charge >= 0.3 is 0 Å². The Kier molecular flexibility index (Phi) is 4.06. The van der Waals surface area contributed by atoms with E-state index < -0.39 is 5.54 Å². The molecule has 8 nitrogen and oxygen atoms in total. The Morgan fingerprint density at radius 2 is 2.12 bits per heavy atom. The molecule has 0 spiro atoms. The van der Waals surface area contributed by atoms with Crippen molar-refractivity contribution in [3.63, 3.8) is 0 Å². The highest BCUT2D eigenvalue weighted by Crippen LogP contribution is 2.35. The Balaban J connectivity index is 1.87. The van der Waals surface area contributed by atoms with Gasteiger partial charge in [-0.05, 0) is 6.42 Å². The lowest BCUT2D eigenvalue weighted by atomic mass is 9.96. The molecule has 1 atom stereocenters. The fraction of sp³-hybridized carbons (Fsp3) is 0.667. The topological polar surface area (TPSA) is 97.0 Å². The molecule has 1 fully saturated rings. The predicted octanol–water partition coefficient (Wildman–Crippen LogP) is 1.77. The molecule has 2 aromatic heterocycles. The number of carbonyl (C=O) groups excluding carboxylic acids is 1. The highest BCUT2D eigenvalue weighted by atomic mass is 32.1. The van der Waals surface area contributed by atoms with Gasteiger partial charge in [-0.25, -0.2) is 4.98 Å². The summed E-state index contributed by atoms with van der Waals surface area (Å²) in [5.41, 5.74) is -0.745. The standard InChI is InChI=1S/C15H22N6O2S/c1-9(22)18-15(12-16-10(2)23-19-12)6-7-21(8-15)13-17-11(20-24-13)14(3,4)5/h6-8H2,1-5H3,(H,18,22).